The number of pyridine rings is 1. The Kier molecular flexibility index (Phi) is 3.72. The molecule has 1 aliphatic rings. The maximum Gasteiger partial charge on any atom is 0.159 e. The van der Waals surface area contributed by atoms with Crippen LogP contribution in [0.1, 0.15) is 24.5 Å². The van der Waals surface area contributed by atoms with Gasteiger partial charge in [0.05, 0.1) is 22.8 Å². The molecule has 7 heteroatoms. The van der Waals surface area contributed by atoms with Gasteiger partial charge in [-0.1, -0.05) is 6.92 Å². The van der Waals surface area contributed by atoms with Crippen LogP contribution in [0.3, 0.4) is 0 Å². The van der Waals surface area contributed by atoms with Crippen LogP contribution in [-0.2, 0) is 7.05 Å². The number of hydrogen-bond donors (Lipinski definition) is 1. The van der Waals surface area contributed by atoms with Crippen LogP contribution >= 0.6 is 0 Å². The smallest absolute Gasteiger partial charge is 0.159 e. The fraction of sp³-hybridized carbons (Fsp3) is 0.471. The number of likely N-dealkylation sites (N-methyl/N-ethyl adjacent to an activating group) is 1. The van der Waals surface area contributed by atoms with Gasteiger partial charge in [-0.15, -0.1) is 0 Å². The molecule has 4 heterocycles. The van der Waals surface area contributed by atoms with Gasteiger partial charge in [-0.25, -0.2) is 9.97 Å². The maximum atomic E-state index is 4.54. The van der Waals surface area contributed by atoms with Gasteiger partial charge in [0.25, 0.3) is 0 Å². The van der Waals surface area contributed by atoms with Gasteiger partial charge in [0.15, 0.2) is 5.65 Å². The van der Waals surface area contributed by atoms with E-state index in [0.717, 1.165) is 48.7 Å². The van der Waals surface area contributed by atoms with Crippen LogP contribution in [0.25, 0.3) is 11.0 Å². The summed E-state index contributed by atoms with van der Waals surface area (Å²) in [6, 6.07) is 2.39. The summed E-state index contributed by atoms with van der Waals surface area (Å²) in [5.41, 5.74) is 3.19. The number of anilines is 1. The zero-order chi connectivity index (χ0) is 16.7. The third-order valence-electron chi connectivity index (χ3n) is 4.95. The van der Waals surface area contributed by atoms with Crippen LogP contribution < -0.4 is 4.90 Å². The van der Waals surface area contributed by atoms with E-state index < -0.39 is 0 Å². The van der Waals surface area contributed by atoms with Crippen molar-refractivity contribution in [3.8, 4) is 0 Å². The summed E-state index contributed by atoms with van der Waals surface area (Å²) in [6.45, 7) is 8.22. The molecule has 0 amide bonds. The van der Waals surface area contributed by atoms with Crippen molar-refractivity contribution in [1.29, 1.82) is 0 Å². The number of hydrogen-bond acceptors (Lipinski definition) is 5. The second kappa shape index (κ2) is 5.90. The van der Waals surface area contributed by atoms with Gasteiger partial charge in [0.2, 0.25) is 0 Å². The molecule has 3 aromatic heterocycles. The molecule has 7 nitrogen and oxygen atoms in total. The summed E-state index contributed by atoms with van der Waals surface area (Å²) >= 11 is 0. The lowest BCUT2D eigenvalue weighted by molar-refractivity contribution is 0.181. The van der Waals surface area contributed by atoms with E-state index in [1.807, 2.05) is 30.3 Å². The van der Waals surface area contributed by atoms with Crippen LogP contribution in [0, 0.1) is 6.92 Å². The maximum absolute atomic E-state index is 4.54. The van der Waals surface area contributed by atoms with Crippen molar-refractivity contribution >= 4 is 16.7 Å². The highest BCUT2D eigenvalue weighted by molar-refractivity contribution is 5.92. The summed E-state index contributed by atoms with van der Waals surface area (Å²) in [6.07, 6.45) is 5.61. The highest BCUT2D eigenvalue weighted by Crippen LogP contribution is 2.32. The van der Waals surface area contributed by atoms with Gasteiger partial charge in [-0.2, -0.15) is 5.10 Å². The molecule has 1 atom stereocenters. The lowest BCUT2D eigenvalue weighted by atomic mass is 10.1. The Morgan fingerprint density at radius 1 is 1.25 bits per heavy atom. The predicted molar refractivity (Wildman–Crippen MR) is 94.0 cm³/mol. The topological polar surface area (TPSA) is 65.9 Å². The third-order valence-corrected chi connectivity index (χ3v) is 4.95. The van der Waals surface area contributed by atoms with E-state index >= 15 is 0 Å². The Labute approximate surface area is 141 Å². The van der Waals surface area contributed by atoms with E-state index in [1.54, 1.807) is 0 Å². The fourth-order valence-corrected chi connectivity index (χ4v) is 3.76. The molecule has 1 fully saturated rings. The molecule has 0 saturated carbocycles. The molecular formula is C17H23N7. The van der Waals surface area contributed by atoms with Crippen molar-refractivity contribution in [2.75, 3.05) is 31.1 Å². The van der Waals surface area contributed by atoms with Gasteiger partial charge in [0.1, 0.15) is 5.82 Å². The van der Waals surface area contributed by atoms with Crippen molar-refractivity contribution in [3.63, 3.8) is 0 Å². The van der Waals surface area contributed by atoms with Gasteiger partial charge >= 0.3 is 0 Å². The zero-order valence-corrected chi connectivity index (χ0v) is 14.4. The van der Waals surface area contributed by atoms with E-state index in [-0.39, 0.29) is 6.04 Å². The number of aryl methyl sites for hydroxylation is 2. The van der Waals surface area contributed by atoms with Crippen molar-refractivity contribution in [3.05, 3.63) is 36.2 Å². The van der Waals surface area contributed by atoms with Gasteiger partial charge in [0, 0.05) is 45.3 Å². The first-order valence-electron chi connectivity index (χ1n) is 8.45. The largest absolute Gasteiger partial charge is 0.368 e. The Bertz CT molecular complexity index is 836. The Morgan fingerprint density at radius 3 is 2.88 bits per heavy atom. The van der Waals surface area contributed by atoms with Crippen molar-refractivity contribution < 1.29 is 0 Å². The number of H-pyrrole nitrogens is 1. The number of fused-ring (bicyclic) bond motifs is 1. The van der Waals surface area contributed by atoms with E-state index in [2.05, 4.69) is 49.8 Å². The minimum atomic E-state index is 0.277. The molecule has 1 unspecified atom stereocenters. The van der Waals surface area contributed by atoms with E-state index in [9.17, 15) is 0 Å². The van der Waals surface area contributed by atoms with Crippen LogP contribution in [0.4, 0.5) is 5.69 Å². The number of nitrogens with one attached hydrogen (secondary N) is 1. The van der Waals surface area contributed by atoms with Crippen LogP contribution in [0.5, 0.6) is 0 Å². The highest BCUT2D eigenvalue weighted by atomic mass is 15.3. The molecule has 0 bridgehead atoms. The van der Waals surface area contributed by atoms with Gasteiger partial charge < -0.3 is 9.88 Å². The lowest BCUT2D eigenvalue weighted by Crippen LogP contribution is -2.48. The highest BCUT2D eigenvalue weighted by Gasteiger charge is 2.30. The third kappa shape index (κ3) is 2.36. The molecule has 0 aromatic carbocycles. The molecule has 0 radical (unpaired) electrons. The van der Waals surface area contributed by atoms with Crippen molar-refractivity contribution in [1.82, 2.24) is 29.6 Å². The summed E-state index contributed by atoms with van der Waals surface area (Å²) < 4.78 is 1.86. The number of nitrogens with zero attached hydrogens (tertiary/aromatic N) is 6. The van der Waals surface area contributed by atoms with Gasteiger partial charge in [-0.3, -0.25) is 9.58 Å². The molecule has 126 valence electrons. The summed E-state index contributed by atoms with van der Waals surface area (Å²) in [4.78, 5) is 17.2. The first-order chi connectivity index (χ1) is 11.7. The van der Waals surface area contributed by atoms with Crippen molar-refractivity contribution in [2.45, 2.75) is 19.9 Å². The number of aromatic amines is 1. The summed E-state index contributed by atoms with van der Waals surface area (Å²) in [5, 5.41) is 5.70. The van der Waals surface area contributed by atoms with Crippen LogP contribution in [0.2, 0.25) is 0 Å². The Hall–Kier alpha value is -2.41. The number of rotatable bonds is 3. The predicted octanol–water partition coefficient (Wildman–Crippen LogP) is 1.88. The normalized spacial score (nSPS) is 19.3. The summed E-state index contributed by atoms with van der Waals surface area (Å²) in [5.74, 6) is 1.04. The number of aromatic nitrogens is 5. The van der Waals surface area contributed by atoms with Crippen LogP contribution in [-0.4, -0.2) is 55.8 Å². The molecule has 4 rings (SSSR count). The van der Waals surface area contributed by atoms with Crippen LogP contribution in [0.15, 0.2) is 24.7 Å². The second-order valence-electron chi connectivity index (χ2n) is 6.30. The average Bonchev–Trinajstić information content (AvgIpc) is 3.23. The quantitative estimate of drug-likeness (QED) is 0.796. The molecule has 24 heavy (non-hydrogen) atoms. The minimum Gasteiger partial charge on any atom is -0.368 e. The lowest BCUT2D eigenvalue weighted by Gasteiger charge is -2.41. The van der Waals surface area contributed by atoms with E-state index in [0.29, 0.717) is 0 Å². The zero-order valence-electron chi connectivity index (χ0n) is 14.4. The molecule has 1 aliphatic heterocycles. The van der Waals surface area contributed by atoms with E-state index in [4.69, 9.17) is 0 Å². The molecular weight excluding hydrogens is 302 g/mol. The summed E-state index contributed by atoms with van der Waals surface area (Å²) in [7, 11) is 1.95. The van der Waals surface area contributed by atoms with E-state index in [1.165, 1.54) is 5.69 Å². The Balaban J connectivity index is 1.73. The first-order valence-corrected chi connectivity index (χ1v) is 8.45. The number of piperazine rings is 1. The van der Waals surface area contributed by atoms with Crippen molar-refractivity contribution in [2.24, 2.45) is 7.05 Å². The number of imidazole rings is 1. The molecule has 0 spiro atoms. The second-order valence-corrected chi connectivity index (χ2v) is 6.30. The fourth-order valence-electron chi connectivity index (χ4n) is 3.76. The molecule has 1 saturated heterocycles. The minimum absolute atomic E-state index is 0.277. The monoisotopic (exact) mass is 325 g/mol. The standard InChI is InChI=1S/C17H23N7/c1-4-23-9-10-24(11-14(23)16-18-7-8-19-16)13-5-6-20-17-15(13)12(2)21-22(17)3/h5-8,14H,4,9-11H2,1-3H3,(H,18,19). The molecule has 0 aliphatic carbocycles. The van der Waals surface area contributed by atoms with Gasteiger partial charge in [-0.05, 0) is 19.5 Å². The molecule has 3 aromatic rings. The average molecular weight is 325 g/mol. The molecule has 1 N–H and O–H groups in total. The first kappa shape index (κ1) is 15.1. The Morgan fingerprint density at radius 2 is 2.12 bits per heavy atom. The SMILES string of the molecule is CCN1CCN(c2ccnc3c2c(C)nn3C)CC1c1ncc[nH]1.